The predicted octanol–water partition coefficient (Wildman–Crippen LogP) is 7.20. The number of hydrogen-bond donors (Lipinski definition) is 1. The van der Waals surface area contributed by atoms with Crippen molar-refractivity contribution in [2.24, 2.45) is 0 Å². The first-order valence-corrected chi connectivity index (χ1v) is 10.1. The van der Waals surface area contributed by atoms with Gasteiger partial charge in [0, 0.05) is 0 Å². The lowest BCUT2D eigenvalue weighted by molar-refractivity contribution is 0.589. The average molecular weight is 426 g/mol. The Balaban J connectivity index is 1.85. The molecule has 0 radical (unpaired) electrons. The topological polar surface area (TPSA) is 29.3 Å². The van der Waals surface area contributed by atoms with Gasteiger partial charge in [0.1, 0.15) is 23.1 Å². The van der Waals surface area contributed by atoms with E-state index in [1.54, 1.807) is 6.07 Å². The Bertz CT molecular complexity index is 1350. The highest BCUT2D eigenvalue weighted by Gasteiger charge is 2.24. The summed E-state index contributed by atoms with van der Waals surface area (Å²) in [6, 6.07) is 17.1. The molecule has 0 atom stereocenters. The van der Waals surface area contributed by atoms with Gasteiger partial charge in [0.05, 0.1) is 26.5 Å². The van der Waals surface area contributed by atoms with Crippen molar-refractivity contribution in [3.63, 3.8) is 0 Å². The summed E-state index contributed by atoms with van der Waals surface area (Å²) in [5.41, 5.74) is 2.52. The molecule has 5 rings (SSSR count). The fourth-order valence-electron chi connectivity index (χ4n) is 3.44. The molecule has 2 aromatic heterocycles. The zero-order valence-electron chi connectivity index (χ0n) is 15.2. The van der Waals surface area contributed by atoms with E-state index in [1.807, 2.05) is 47.7 Å². The van der Waals surface area contributed by atoms with E-state index in [0.29, 0.717) is 21.5 Å². The Hall–Kier alpha value is -2.96. The maximum absolute atomic E-state index is 14.6. The highest BCUT2D eigenvalue weighted by Crippen LogP contribution is 2.40. The molecular weight excluding hydrogens is 412 g/mol. The molecule has 3 aromatic carbocycles. The quantitative estimate of drug-likeness (QED) is 0.331. The molecular formula is C22H14ClF2N3S. The van der Waals surface area contributed by atoms with Gasteiger partial charge in [-0.25, -0.2) is 13.8 Å². The van der Waals surface area contributed by atoms with Gasteiger partial charge in [0.2, 0.25) is 0 Å². The normalized spacial score (nSPS) is 11.4. The van der Waals surface area contributed by atoms with Gasteiger partial charge in [-0.05, 0) is 42.8 Å². The van der Waals surface area contributed by atoms with Gasteiger partial charge in [0.15, 0.2) is 4.96 Å². The molecule has 0 unspecified atom stereocenters. The number of imidazole rings is 1. The molecule has 144 valence electrons. The second-order valence-corrected chi connectivity index (χ2v) is 8.07. The summed E-state index contributed by atoms with van der Waals surface area (Å²) >= 11 is 7.87. The first-order chi connectivity index (χ1) is 14.0. The van der Waals surface area contributed by atoms with Gasteiger partial charge in [-0.2, -0.15) is 0 Å². The maximum Gasteiger partial charge on any atom is 0.197 e. The zero-order chi connectivity index (χ0) is 20.1. The molecule has 3 nitrogen and oxygen atoms in total. The van der Waals surface area contributed by atoms with Gasteiger partial charge in [0.25, 0.3) is 0 Å². The van der Waals surface area contributed by atoms with E-state index in [0.717, 1.165) is 15.8 Å². The average Bonchev–Trinajstić information content (AvgIpc) is 3.21. The van der Waals surface area contributed by atoms with E-state index in [1.165, 1.54) is 29.5 Å². The van der Waals surface area contributed by atoms with Crippen LogP contribution in [0.1, 0.15) is 5.56 Å². The number of aromatic nitrogens is 2. The standard InChI is InChI=1S/C22H14ClF2N3S/c1-12-6-4-7-13(23)19(12)26-21-20(18-14(24)8-5-9-15(18)25)27-22-28(21)16-10-2-3-11-17(16)29-22/h2-11,26H,1H3. The van der Waals surface area contributed by atoms with E-state index < -0.39 is 11.6 Å². The third-order valence-electron chi connectivity index (χ3n) is 4.82. The number of thiazole rings is 1. The number of anilines is 2. The third kappa shape index (κ3) is 2.87. The summed E-state index contributed by atoms with van der Waals surface area (Å²) in [5, 5.41) is 3.82. The smallest absolute Gasteiger partial charge is 0.197 e. The van der Waals surface area contributed by atoms with Crippen LogP contribution in [0.4, 0.5) is 20.3 Å². The molecule has 0 saturated heterocycles. The Morgan fingerprint density at radius 2 is 1.69 bits per heavy atom. The van der Waals surface area contributed by atoms with E-state index in [2.05, 4.69) is 10.3 Å². The van der Waals surface area contributed by atoms with Crippen LogP contribution >= 0.6 is 22.9 Å². The van der Waals surface area contributed by atoms with E-state index in [9.17, 15) is 8.78 Å². The van der Waals surface area contributed by atoms with Gasteiger partial charge in [-0.3, -0.25) is 4.40 Å². The summed E-state index contributed by atoms with van der Waals surface area (Å²) in [6.07, 6.45) is 0. The number of nitrogens with one attached hydrogen (secondary N) is 1. The third-order valence-corrected chi connectivity index (χ3v) is 6.16. The molecule has 0 aliphatic rings. The number of nitrogens with zero attached hydrogens (tertiary/aromatic N) is 2. The Morgan fingerprint density at radius 3 is 2.45 bits per heavy atom. The zero-order valence-corrected chi connectivity index (χ0v) is 16.8. The second kappa shape index (κ2) is 6.83. The molecule has 29 heavy (non-hydrogen) atoms. The lowest BCUT2D eigenvalue weighted by Crippen LogP contribution is -2.01. The predicted molar refractivity (Wildman–Crippen MR) is 115 cm³/mol. The first-order valence-electron chi connectivity index (χ1n) is 8.91. The number of hydrogen-bond acceptors (Lipinski definition) is 3. The van der Waals surface area contributed by atoms with E-state index >= 15 is 0 Å². The van der Waals surface area contributed by atoms with Crippen molar-refractivity contribution in [1.29, 1.82) is 0 Å². The van der Waals surface area contributed by atoms with Crippen molar-refractivity contribution < 1.29 is 8.78 Å². The Labute approximate surface area is 174 Å². The molecule has 0 saturated carbocycles. The van der Waals surface area contributed by atoms with Crippen LogP contribution in [-0.2, 0) is 0 Å². The Morgan fingerprint density at radius 1 is 0.966 bits per heavy atom. The van der Waals surface area contributed by atoms with Gasteiger partial charge < -0.3 is 5.32 Å². The minimum absolute atomic E-state index is 0.167. The summed E-state index contributed by atoms with van der Waals surface area (Å²) in [7, 11) is 0. The number of fused-ring (bicyclic) bond motifs is 3. The molecule has 2 heterocycles. The van der Waals surface area contributed by atoms with Crippen LogP contribution in [0.15, 0.2) is 60.7 Å². The number of para-hydroxylation sites is 2. The van der Waals surface area contributed by atoms with Crippen LogP contribution in [0.5, 0.6) is 0 Å². The summed E-state index contributed by atoms with van der Waals surface area (Å²) in [5.74, 6) is -0.865. The highest BCUT2D eigenvalue weighted by atomic mass is 35.5. The second-order valence-electron chi connectivity index (χ2n) is 6.65. The molecule has 1 N–H and O–H groups in total. The van der Waals surface area contributed by atoms with Gasteiger partial charge >= 0.3 is 0 Å². The van der Waals surface area contributed by atoms with Crippen molar-refractivity contribution in [3.05, 3.63) is 82.9 Å². The number of rotatable bonds is 3. The van der Waals surface area contributed by atoms with Crippen LogP contribution in [0.2, 0.25) is 5.02 Å². The van der Waals surface area contributed by atoms with E-state index in [-0.39, 0.29) is 11.3 Å². The van der Waals surface area contributed by atoms with Gasteiger partial charge in [-0.1, -0.05) is 53.3 Å². The van der Waals surface area contributed by atoms with Crippen molar-refractivity contribution in [3.8, 4) is 11.3 Å². The molecule has 0 aliphatic carbocycles. The number of aryl methyl sites for hydroxylation is 1. The monoisotopic (exact) mass is 425 g/mol. The van der Waals surface area contributed by atoms with Crippen molar-refractivity contribution in [2.75, 3.05) is 5.32 Å². The minimum atomic E-state index is -0.668. The first kappa shape index (κ1) is 18.1. The van der Waals surface area contributed by atoms with Crippen LogP contribution in [0.3, 0.4) is 0 Å². The van der Waals surface area contributed by atoms with Crippen LogP contribution in [0, 0.1) is 18.6 Å². The Kier molecular flexibility index (Phi) is 4.26. The summed E-state index contributed by atoms with van der Waals surface area (Å²) in [6.45, 7) is 1.92. The molecule has 0 spiro atoms. The van der Waals surface area contributed by atoms with Crippen LogP contribution in [0.25, 0.3) is 26.4 Å². The molecule has 7 heteroatoms. The number of halogens is 3. The fourth-order valence-corrected chi connectivity index (χ4v) is 4.73. The molecule has 0 aliphatic heterocycles. The minimum Gasteiger partial charge on any atom is -0.338 e. The summed E-state index contributed by atoms with van der Waals surface area (Å²) < 4.78 is 32.1. The van der Waals surface area contributed by atoms with Crippen molar-refractivity contribution in [2.45, 2.75) is 6.92 Å². The van der Waals surface area contributed by atoms with Crippen LogP contribution in [-0.4, -0.2) is 9.38 Å². The maximum atomic E-state index is 14.6. The highest BCUT2D eigenvalue weighted by molar-refractivity contribution is 7.23. The molecule has 0 fully saturated rings. The molecule has 0 amide bonds. The largest absolute Gasteiger partial charge is 0.338 e. The SMILES string of the molecule is Cc1cccc(Cl)c1Nc1c(-c2c(F)cccc2F)nc2sc3ccccc3n12. The fraction of sp³-hybridized carbons (Fsp3) is 0.0455. The summed E-state index contributed by atoms with van der Waals surface area (Å²) in [4.78, 5) is 5.23. The lowest BCUT2D eigenvalue weighted by Gasteiger charge is -2.13. The van der Waals surface area contributed by atoms with Crippen LogP contribution < -0.4 is 5.32 Å². The lowest BCUT2D eigenvalue weighted by atomic mass is 10.1. The number of benzene rings is 3. The van der Waals surface area contributed by atoms with Gasteiger partial charge in [-0.15, -0.1) is 0 Å². The molecule has 0 bridgehead atoms. The van der Waals surface area contributed by atoms with Crippen molar-refractivity contribution >= 4 is 49.6 Å². The van der Waals surface area contributed by atoms with Crippen molar-refractivity contribution in [1.82, 2.24) is 9.38 Å². The van der Waals surface area contributed by atoms with E-state index in [4.69, 9.17) is 11.6 Å². The molecule has 5 aromatic rings.